The highest BCUT2D eigenvalue weighted by Crippen LogP contribution is 2.28. The third-order valence-corrected chi connectivity index (χ3v) is 5.79. The van der Waals surface area contributed by atoms with Crippen molar-refractivity contribution in [3.8, 4) is 5.75 Å². The number of aromatic nitrogens is 1. The molecule has 5 nitrogen and oxygen atoms in total. The van der Waals surface area contributed by atoms with Crippen molar-refractivity contribution >= 4 is 16.7 Å². The number of benzene rings is 2. The molecule has 1 N–H and O–H groups in total. The van der Waals surface area contributed by atoms with Crippen LogP contribution in [0, 0.1) is 5.92 Å². The molecular formula is C25H29N3O2. The molecule has 1 aliphatic rings. The van der Waals surface area contributed by atoms with E-state index in [1.54, 1.807) is 0 Å². The second-order valence-corrected chi connectivity index (χ2v) is 7.84. The fourth-order valence-electron chi connectivity index (χ4n) is 4.16. The lowest BCUT2D eigenvalue weighted by Gasteiger charge is -2.31. The summed E-state index contributed by atoms with van der Waals surface area (Å²) < 4.78 is 5.76. The van der Waals surface area contributed by atoms with Crippen LogP contribution in [0.2, 0.25) is 0 Å². The van der Waals surface area contributed by atoms with Gasteiger partial charge in [0.25, 0.3) is 5.91 Å². The van der Waals surface area contributed by atoms with Crippen molar-refractivity contribution < 1.29 is 9.53 Å². The summed E-state index contributed by atoms with van der Waals surface area (Å²) in [5.41, 5.74) is 1.76. The molecule has 0 bridgehead atoms. The molecule has 1 aromatic heterocycles. The van der Waals surface area contributed by atoms with Crippen LogP contribution in [0.25, 0.3) is 10.8 Å². The number of carbonyl (C=O) groups is 1. The third kappa shape index (κ3) is 4.79. The SMILES string of the molecule is CCOc1ccc2ccccc2c1C(=O)NCC1CCN(Cc2ccccn2)CC1. The second-order valence-electron chi connectivity index (χ2n) is 7.84. The quantitative estimate of drug-likeness (QED) is 0.640. The summed E-state index contributed by atoms with van der Waals surface area (Å²) >= 11 is 0. The van der Waals surface area contributed by atoms with Gasteiger partial charge in [0.05, 0.1) is 17.9 Å². The summed E-state index contributed by atoms with van der Waals surface area (Å²) in [7, 11) is 0. The summed E-state index contributed by atoms with van der Waals surface area (Å²) in [5.74, 6) is 1.10. The van der Waals surface area contributed by atoms with Crippen molar-refractivity contribution in [3.63, 3.8) is 0 Å². The number of amides is 1. The van der Waals surface area contributed by atoms with Crippen LogP contribution < -0.4 is 10.1 Å². The van der Waals surface area contributed by atoms with Crippen LogP contribution in [0.1, 0.15) is 35.8 Å². The molecule has 1 fully saturated rings. The van der Waals surface area contributed by atoms with Gasteiger partial charge in [0.15, 0.2) is 0 Å². The molecule has 2 aromatic carbocycles. The zero-order valence-electron chi connectivity index (χ0n) is 17.5. The molecule has 30 heavy (non-hydrogen) atoms. The Balaban J connectivity index is 1.36. The van der Waals surface area contributed by atoms with E-state index in [2.05, 4.69) is 21.3 Å². The Kier molecular flexibility index (Phi) is 6.60. The lowest BCUT2D eigenvalue weighted by Crippen LogP contribution is -2.38. The van der Waals surface area contributed by atoms with Crippen LogP contribution in [0.5, 0.6) is 5.75 Å². The zero-order valence-corrected chi connectivity index (χ0v) is 17.5. The molecular weight excluding hydrogens is 374 g/mol. The molecule has 3 aromatic rings. The maximum atomic E-state index is 13.1. The first-order chi connectivity index (χ1) is 14.7. The highest BCUT2D eigenvalue weighted by molar-refractivity contribution is 6.09. The molecule has 0 aliphatic carbocycles. The molecule has 0 saturated carbocycles. The van der Waals surface area contributed by atoms with Crippen molar-refractivity contribution in [2.75, 3.05) is 26.2 Å². The van der Waals surface area contributed by atoms with Gasteiger partial charge in [0.1, 0.15) is 5.75 Å². The Morgan fingerprint density at radius 1 is 1.10 bits per heavy atom. The Hall–Kier alpha value is -2.92. The molecule has 0 spiro atoms. The third-order valence-electron chi connectivity index (χ3n) is 5.79. The van der Waals surface area contributed by atoms with E-state index in [0.717, 1.165) is 48.9 Å². The standard InChI is InChI=1S/C25H29N3O2/c1-2-30-23-11-10-20-7-3-4-9-22(20)24(23)25(29)27-17-19-12-15-28(16-13-19)18-21-8-5-6-14-26-21/h3-11,14,19H,2,12-13,15-18H2,1H3,(H,27,29). The van der Waals surface area contributed by atoms with Gasteiger partial charge in [-0.05, 0) is 67.7 Å². The number of carbonyl (C=O) groups excluding carboxylic acids is 1. The molecule has 0 radical (unpaired) electrons. The van der Waals surface area contributed by atoms with Crippen molar-refractivity contribution in [2.45, 2.75) is 26.3 Å². The highest BCUT2D eigenvalue weighted by Gasteiger charge is 2.22. The van der Waals surface area contributed by atoms with Crippen LogP contribution in [0.3, 0.4) is 0 Å². The summed E-state index contributed by atoms with van der Waals surface area (Å²) in [6.07, 6.45) is 4.02. The minimum absolute atomic E-state index is 0.0498. The number of ether oxygens (including phenoxy) is 1. The number of hydrogen-bond donors (Lipinski definition) is 1. The average molecular weight is 404 g/mol. The van der Waals surface area contributed by atoms with Gasteiger partial charge in [0.2, 0.25) is 0 Å². The smallest absolute Gasteiger partial charge is 0.255 e. The van der Waals surface area contributed by atoms with Gasteiger partial charge in [-0.2, -0.15) is 0 Å². The van der Waals surface area contributed by atoms with Crippen molar-refractivity contribution in [3.05, 3.63) is 72.1 Å². The predicted molar refractivity (Wildman–Crippen MR) is 120 cm³/mol. The van der Waals surface area contributed by atoms with Gasteiger partial charge < -0.3 is 10.1 Å². The molecule has 1 amide bonds. The van der Waals surface area contributed by atoms with Crippen LogP contribution in [-0.4, -0.2) is 42.0 Å². The van der Waals surface area contributed by atoms with E-state index in [1.807, 2.05) is 61.7 Å². The van der Waals surface area contributed by atoms with Crippen molar-refractivity contribution in [1.29, 1.82) is 0 Å². The molecule has 0 unspecified atom stereocenters. The Bertz CT molecular complexity index is 982. The lowest BCUT2D eigenvalue weighted by molar-refractivity contribution is 0.0933. The number of fused-ring (bicyclic) bond motifs is 1. The number of nitrogens with one attached hydrogen (secondary N) is 1. The fourth-order valence-corrected chi connectivity index (χ4v) is 4.16. The number of hydrogen-bond acceptors (Lipinski definition) is 4. The average Bonchev–Trinajstić information content (AvgIpc) is 2.79. The highest BCUT2D eigenvalue weighted by atomic mass is 16.5. The summed E-state index contributed by atoms with van der Waals surface area (Å²) in [5, 5.41) is 5.16. The molecule has 5 heteroatoms. The summed E-state index contributed by atoms with van der Waals surface area (Å²) in [4.78, 5) is 20.0. The molecule has 156 valence electrons. The topological polar surface area (TPSA) is 54.5 Å². The number of pyridine rings is 1. The van der Waals surface area contributed by atoms with E-state index in [4.69, 9.17) is 4.74 Å². The van der Waals surface area contributed by atoms with E-state index in [0.29, 0.717) is 30.4 Å². The Labute approximate surface area is 178 Å². The number of rotatable bonds is 7. The van der Waals surface area contributed by atoms with Crippen molar-refractivity contribution in [2.24, 2.45) is 5.92 Å². The summed E-state index contributed by atoms with van der Waals surface area (Å²) in [6, 6.07) is 17.9. The van der Waals surface area contributed by atoms with E-state index < -0.39 is 0 Å². The van der Waals surface area contributed by atoms with Crippen LogP contribution >= 0.6 is 0 Å². The number of likely N-dealkylation sites (tertiary alicyclic amines) is 1. The molecule has 2 heterocycles. The minimum Gasteiger partial charge on any atom is -0.493 e. The summed E-state index contributed by atoms with van der Waals surface area (Å²) in [6.45, 7) is 6.15. The second kappa shape index (κ2) is 9.72. The van der Waals surface area contributed by atoms with Gasteiger partial charge in [0, 0.05) is 19.3 Å². The molecule has 0 atom stereocenters. The van der Waals surface area contributed by atoms with Gasteiger partial charge >= 0.3 is 0 Å². The van der Waals surface area contributed by atoms with Gasteiger partial charge in [-0.3, -0.25) is 14.7 Å². The first kappa shape index (κ1) is 20.4. The monoisotopic (exact) mass is 403 g/mol. The van der Waals surface area contributed by atoms with Gasteiger partial charge in [-0.15, -0.1) is 0 Å². The van der Waals surface area contributed by atoms with E-state index in [1.165, 1.54) is 0 Å². The van der Waals surface area contributed by atoms with Crippen LogP contribution in [0.4, 0.5) is 0 Å². The first-order valence-corrected chi connectivity index (χ1v) is 10.8. The maximum absolute atomic E-state index is 13.1. The van der Waals surface area contributed by atoms with Crippen LogP contribution in [0.15, 0.2) is 60.8 Å². The fraction of sp³-hybridized carbons (Fsp3) is 0.360. The van der Waals surface area contributed by atoms with Crippen molar-refractivity contribution in [1.82, 2.24) is 15.2 Å². The van der Waals surface area contributed by atoms with E-state index in [-0.39, 0.29) is 5.91 Å². The lowest BCUT2D eigenvalue weighted by atomic mass is 9.96. The van der Waals surface area contributed by atoms with Gasteiger partial charge in [-0.1, -0.05) is 36.4 Å². The number of nitrogens with zero attached hydrogens (tertiary/aromatic N) is 2. The van der Waals surface area contributed by atoms with Crippen LogP contribution in [-0.2, 0) is 6.54 Å². The largest absolute Gasteiger partial charge is 0.493 e. The van der Waals surface area contributed by atoms with E-state index >= 15 is 0 Å². The molecule has 4 rings (SSSR count). The van der Waals surface area contributed by atoms with Gasteiger partial charge in [-0.25, -0.2) is 0 Å². The minimum atomic E-state index is -0.0498. The Morgan fingerprint density at radius 3 is 2.67 bits per heavy atom. The van der Waals surface area contributed by atoms with E-state index in [9.17, 15) is 4.79 Å². The zero-order chi connectivity index (χ0) is 20.8. The predicted octanol–water partition coefficient (Wildman–Crippen LogP) is 4.28. The normalized spacial score (nSPS) is 15.2. The molecule has 1 saturated heterocycles. The first-order valence-electron chi connectivity index (χ1n) is 10.8. The maximum Gasteiger partial charge on any atom is 0.255 e. The molecule has 1 aliphatic heterocycles. The number of piperidine rings is 1. The Morgan fingerprint density at radius 2 is 1.90 bits per heavy atom.